The van der Waals surface area contributed by atoms with Crippen LogP contribution in [0.5, 0.6) is 5.75 Å². The SMILES string of the molecule is CCNC(=O)Nc1ccc(N(C)C)c(CN(CC2CC2)C(=O)c2ccc(OC)cc2)c1. The van der Waals surface area contributed by atoms with Crippen molar-refractivity contribution in [2.45, 2.75) is 26.3 Å². The molecule has 1 aliphatic rings. The predicted molar refractivity (Wildman–Crippen MR) is 124 cm³/mol. The van der Waals surface area contributed by atoms with Crippen molar-refractivity contribution in [2.75, 3.05) is 44.5 Å². The van der Waals surface area contributed by atoms with Crippen LogP contribution < -0.4 is 20.3 Å². The maximum Gasteiger partial charge on any atom is 0.319 e. The number of nitrogens with one attached hydrogen (secondary N) is 2. The average molecular weight is 425 g/mol. The van der Waals surface area contributed by atoms with Crippen molar-refractivity contribution in [3.63, 3.8) is 0 Å². The zero-order chi connectivity index (χ0) is 22.4. The highest BCUT2D eigenvalue weighted by atomic mass is 16.5. The Kier molecular flexibility index (Phi) is 7.39. The van der Waals surface area contributed by atoms with Gasteiger partial charge in [-0.05, 0) is 73.7 Å². The molecule has 2 aromatic rings. The number of carbonyl (C=O) groups excluding carboxylic acids is 2. The van der Waals surface area contributed by atoms with Crippen LogP contribution in [0.3, 0.4) is 0 Å². The third-order valence-corrected chi connectivity index (χ3v) is 5.32. The van der Waals surface area contributed by atoms with E-state index in [0.29, 0.717) is 30.3 Å². The number of ether oxygens (including phenoxy) is 1. The summed E-state index contributed by atoms with van der Waals surface area (Å²) in [6, 6.07) is 12.8. The zero-order valence-corrected chi connectivity index (χ0v) is 18.8. The van der Waals surface area contributed by atoms with Crippen molar-refractivity contribution in [1.82, 2.24) is 10.2 Å². The van der Waals surface area contributed by atoms with Gasteiger partial charge in [0.05, 0.1) is 7.11 Å². The number of hydrogen-bond acceptors (Lipinski definition) is 4. The molecule has 1 saturated carbocycles. The molecule has 7 heteroatoms. The summed E-state index contributed by atoms with van der Waals surface area (Å²) < 4.78 is 5.21. The highest BCUT2D eigenvalue weighted by Gasteiger charge is 2.28. The van der Waals surface area contributed by atoms with E-state index in [2.05, 4.69) is 10.6 Å². The molecule has 0 aromatic heterocycles. The third-order valence-electron chi connectivity index (χ3n) is 5.32. The van der Waals surface area contributed by atoms with Crippen LogP contribution in [0.25, 0.3) is 0 Å². The van der Waals surface area contributed by atoms with E-state index >= 15 is 0 Å². The van der Waals surface area contributed by atoms with Gasteiger partial charge >= 0.3 is 6.03 Å². The minimum Gasteiger partial charge on any atom is -0.497 e. The fourth-order valence-electron chi connectivity index (χ4n) is 3.52. The molecule has 1 aliphatic carbocycles. The first-order valence-corrected chi connectivity index (χ1v) is 10.7. The van der Waals surface area contributed by atoms with E-state index in [1.54, 1.807) is 19.2 Å². The fourth-order valence-corrected chi connectivity index (χ4v) is 3.52. The van der Waals surface area contributed by atoms with Crippen molar-refractivity contribution in [1.29, 1.82) is 0 Å². The van der Waals surface area contributed by atoms with Gasteiger partial charge in [-0.15, -0.1) is 0 Å². The van der Waals surface area contributed by atoms with E-state index in [1.165, 1.54) is 0 Å². The summed E-state index contributed by atoms with van der Waals surface area (Å²) in [5, 5.41) is 5.60. The quantitative estimate of drug-likeness (QED) is 0.639. The number of hydrogen-bond donors (Lipinski definition) is 2. The molecule has 7 nitrogen and oxygen atoms in total. The molecule has 2 N–H and O–H groups in total. The Morgan fingerprint density at radius 1 is 1.10 bits per heavy atom. The van der Waals surface area contributed by atoms with Crippen LogP contribution in [0.1, 0.15) is 35.7 Å². The number of amides is 3. The number of anilines is 2. The van der Waals surface area contributed by atoms with E-state index < -0.39 is 0 Å². The van der Waals surface area contributed by atoms with E-state index in [1.807, 2.05) is 61.2 Å². The lowest BCUT2D eigenvalue weighted by molar-refractivity contribution is 0.0735. The molecule has 0 spiro atoms. The molecule has 0 saturated heterocycles. The maximum absolute atomic E-state index is 13.3. The molecule has 2 aromatic carbocycles. The number of urea groups is 1. The van der Waals surface area contributed by atoms with Gasteiger partial charge in [0, 0.05) is 50.7 Å². The maximum atomic E-state index is 13.3. The smallest absolute Gasteiger partial charge is 0.319 e. The van der Waals surface area contributed by atoms with Crippen molar-refractivity contribution in [3.05, 3.63) is 53.6 Å². The van der Waals surface area contributed by atoms with Gasteiger partial charge in [0.1, 0.15) is 5.75 Å². The highest BCUT2D eigenvalue weighted by Crippen LogP contribution is 2.32. The molecule has 0 unspecified atom stereocenters. The minimum atomic E-state index is -0.241. The summed E-state index contributed by atoms with van der Waals surface area (Å²) in [4.78, 5) is 29.2. The van der Waals surface area contributed by atoms with Gasteiger partial charge in [-0.1, -0.05) is 0 Å². The first-order chi connectivity index (χ1) is 14.9. The second-order valence-corrected chi connectivity index (χ2v) is 8.08. The van der Waals surface area contributed by atoms with Gasteiger partial charge in [-0.3, -0.25) is 4.79 Å². The summed E-state index contributed by atoms with van der Waals surface area (Å²) in [7, 11) is 5.57. The number of benzene rings is 2. The highest BCUT2D eigenvalue weighted by molar-refractivity contribution is 5.94. The van der Waals surface area contributed by atoms with Gasteiger partial charge < -0.3 is 25.2 Å². The topological polar surface area (TPSA) is 73.9 Å². The number of rotatable bonds is 9. The minimum absolute atomic E-state index is 0.00125. The monoisotopic (exact) mass is 424 g/mol. The molecule has 1 fully saturated rings. The summed E-state index contributed by atoms with van der Waals surface area (Å²) in [6.45, 7) is 3.63. The van der Waals surface area contributed by atoms with Crippen LogP contribution in [-0.2, 0) is 6.54 Å². The normalized spacial score (nSPS) is 12.8. The Hall–Kier alpha value is -3.22. The number of nitrogens with zero attached hydrogens (tertiary/aromatic N) is 2. The van der Waals surface area contributed by atoms with Crippen LogP contribution >= 0.6 is 0 Å². The molecular weight excluding hydrogens is 392 g/mol. The van der Waals surface area contributed by atoms with Crippen LogP contribution in [-0.4, -0.2) is 51.1 Å². The summed E-state index contributed by atoms with van der Waals surface area (Å²) >= 11 is 0. The van der Waals surface area contributed by atoms with Crippen molar-refractivity contribution in [2.24, 2.45) is 5.92 Å². The Labute approximate surface area is 184 Å². The molecule has 0 aliphatic heterocycles. The van der Waals surface area contributed by atoms with E-state index in [4.69, 9.17) is 4.74 Å². The van der Waals surface area contributed by atoms with Crippen LogP contribution in [0.4, 0.5) is 16.2 Å². The molecule has 3 rings (SSSR count). The van der Waals surface area contributed by atoms with Gasteiger partial charge in [-0.25, -0.2) is 4.79 Å². The molecule has 0 bridgehead atoms. The van der Waals surface area contributed by atoms with E-state index in [-0.39, 0.29) is 11.9 Å². The predicted octanol–water partition coefficient (Wildman–Crippen LogP) is 3.96. The Balaban J connectivity index is 1.86. The fraction of sp³-hybridized carbons (Fsp3) is 0.417. The zero-order valence-electron chi connectivity index (χ0n) is 18.8. The largest absolute Gasteiger partial charge is 0.497 e. The van der Waals surface area contributed by atoms with E-state index in [9.17, 15) is 9.59 Å². The molecule has 0 heterocycles. The van der Waals surface area contributed by atoms with Crippen LogP contribution in [0, 0.1) is 5.92 Å². The lowest BCUT2D eigenvalue weighted by atomic mass is 10.1. The van der Waals surface area contributed by atoms with E-state index in [0.717, 1.165) is 36.4 Å². The molecule has 3 amide bonds. The Morgan fingerprint density at radius 3 is 2.39 bits per heavy atom. The number of carbonyl (C=O) groups is 2. The molecule has 31 heavy (non-hydrogen) atoms. The first kappa shape index (κ1) is 22.5. The summed E-state index contributed by atoms with van der Waals surface area (Å²) in [6.07, 6.45) is 2.32. The average Bonchev–Trinajstić information content (AvgIpc) is 3.57. The van der Waals surface area contributed by atoms with Gasteiger partial charge in [0.15, 0.2) is 0 Å². The van der Waals surface area contributed by atoms with Crippen LogP contribution in [0.15, 0.2) is 42.5 Å². The molecule has 0 atom stereocenters. The number of methoxy groups -OCH3 is 1. The van der Waals surface area contributed by atoms with Gasteiger partial charge in [-0.2, -0.15) is 0 Å². The van der Waals surface area contributed by atoms with Crippen LogP contribution in [0.2, 0.25) is 0 Å². The van der Waals surface area contributed by atoms with Gasteiger partial charge in [0.25, 0.3) is 5.91 Å². The lowest BCUT2D eigenvalue weighted by Crippen LogP contribution is -2.33. The van der Waals surface area contributed by atoms with Gasteiger partial charge in [0.2, 0.25) is 0 Å². The standard InChI is InChI=1S/C24H32N4O3/c1-5-25-24(30)26-20-10-13-22(27(2)3)19(14-20)16-28(15-17-6-7-17)23(29)18-8-11-21(31-4)12-9-18/h8-14,17H,5-7,15-16H2,1-4H3,(H2,25,26,30). The second-order valence-electron chi connectivity index (χ2n) is 8.08. The summed E-state index contributed by atoms with van der Waals surface area (Å²) in [5.41, 5.74) is 3.35. The summed E-state index contributed by atoms with van der Waals surface area (Å²) in [5.74, 6) is 1.28. The Morgan fingerprint density at radius 2 is 1.81 bits per heavy atom. The second kappa shape index (κ2) is 10.2. The first-order valence-electron chi connectivity index (χ1n) is 10.7. The molecule has 166 valence electrons. The van der Waals surface area contributed by atoms with Crippen molar-refractivity contribution < 1.29 is 14.3 Å². The lowest BCUT2D eigenvalue weighted by Gasteiger charge is -2.26. The molecular formula is C24H32N4O3. The Bertz CT molecular complexity index is 908. The third kappa shape index (κ3) is 6.13. The van der Waals surface area contributed by atoms with Crippen molar-refractivity contribution >= 4 is 23.3 Å². The molecule has 0 radical (unpaired) electrons. The van der Waals surface area contributed by atoms with Crippen molar-refractivity contribution in [3.8, 4) is 5.75 Å².